The summed E-state index contributed by atoms with van der Waals surface area (Å²) in [5.41, 5.74) is 2.21. The Labute approximate surface area is 194 Å². The molecule has 0 aliphatic heterocycles. The highest BCUT2D eigenvalue weighted by molar-refractivity contribution is 5.40. The molecular formula is C28H46O4. The van der Waals surface area contributed by atoms with E-state index in [1.807, 2.05) is 6.92 Å². The van der Waals surface area contributed by atoms with Crippen molar-refractivity contribution in [2.45, 2.75) is 116 Å². The fraction of sp³-hybridized carbons (Fsp3) is 0.857. The minimum Gasteiger partial charge on any atom is -0.393 e. The first-order valence-corrected chi connectivity index (χ1v) is 13.0. The van der Waals surface area contributed by atoms with Crippen LogP contribution in [0.2, 0.25) is 0 Å². The lowest BCUT2D eigenvalue weighted by atomic mass is 9.48. The van der Waals surface area contributed by atoms with Gasteiger partial charge in [0.15, 0.2) is 0 Å². The van der Waals surface area contributed by atoms with E-state index in [0.717, 1.165) is 55.2 Å². The molecule has 32 heavy (non-hydrogen) atoms. The molecule has 3 fully saturated rings. The van der Waals surface area contributed by atoms with E-state index in [1.54, 1.807) is 0 Å². The van der Waals surface area contributed by atoms with Crippen molar-refractivity contribution in [3.05, 3.63) is 23.3 Å². The van der Waals surface area contributed by atoms with Crippen LogP contribution in [0.5, 0.6) is 0 Å². The molecular weight excluding hydrogens is 400 g/mol. The zero-order valence-electron chi connectivity index (χ0n) is 20.9. The molecule has 0 saturated heterocycles. The van der Waals surface area contributed by atoms with Gasteiger partial charge in [0.25, 0.3) is 0 Å². The van der Waals surface area contributed by atoms with Gasteiger partial charge in [-0.15, -0.1) is 0 Å². The maximum absolute atomic E-state index is 11.6. The van der Waals surface area contributed by atoms with Crippen molar-refractivity contribution in [3.8, 4) is 0 Å². The van der Waals surface area contributed by atoms with Gasteiger partial charge in [0.05, 0.1) is 23.9 Å². The number of hydrogen-bond donors (Lipinski definition) is 4. The van der Waals surface area contributed by atoms with Gasteiger partial charge in [-0.3, -0.25) is 0 Å². The van der Waals surface area contributed by atoms with E-state index in [-0.39, 0.29) is 28.8 Å². The average Bonchev–Trinajstić information content (AvgIpc) is 2.99. The van der Waals surface area contributed by atoms with E-state index >= 15 is 0 Å². The van der Waals surface area contributed by atoms with Crippen LogP contribution in [0.15, 0.2) is 23.3 Å². The van der Waals surface area contributed by atoms with Crippen LogP contribution in [-0.4, -0.2) is 44.3 Å². The molecule has 0 spiro atoms. The molecule has 8 unspecified atom stereocenters. The van der Waals surface area contributed by atoms with Crippen LogP contribution < -0.4 is 0 Å². The molecule has 3 saturated carbocycles. The van der Waals surface area contributed by atoms with E-state index < -0.39 is 17.8 Å². The monoisotopic (exact) mass is 446 g/mol. The Hall–Kier alpha value is -0.680. The van der Waals surface area contributed by atoms with Crippen molar-refractivity contribution in [3.63, 3.8) is 0 Å². The van der Waals surface area contributed by atoms with Crippen molar-refractivity contribution in [2.24, 2.45) is 34.5 Å². The van der Waals surface area contributed by atoms with Crippen LogP contribution in [0.3, 0.4) is 0 Å². The first-order valence-electron chi connectivity index (χ1n) is 13.0. The Bertz CT molecular complexity index is 782. The predicted octanol–water partition coefficient (Wildman–Crippen LogP) is 4.76. The summed E-state index contributed by atoms with van der Waals surface area (Å²) in [5, 5.41) is 44.5. The highest BCUT2D eigenvalue weighted by Gasteiger charge is 2.61. The van der Waals surface area contributed by atoms with Gasteiger partial charge in [-0.2, -0.15) is 0 Å². The molecule has 0 aromatic heterocycles. The van der Waals surface area contributed by atoms with Crippen LogP contribution in [0, 0.1) is 34.5 Å². The Morgan fingerprint density at radius 3 is 2.41 bits per heavy atom. The standard InChI is InChI=1S/C28H46O4/c1-16(2)17(3)7-12-28(6,32)23-15-22(31)25-24-20(9-11-27(23,25)5)26(4)10-8-19(29)13-18(26)14-21(24)30/h16,18-23,29-32H,3,7-15H2,1-2,4-6H3/t18?,19?,20?,21?,22?,23?,26?,27-,28?/m1/s1. The predicted molar refractivity (Wildman–Crippen MR) is 128 cm³/mol. The highest BCUT2D eigenvalue weighted by Crippen LogP contribution is 2.66. The Morgan fingerprint density at radius 1 is 1.06 bits per heavy atom. The normalized spacial score (nSPS) is 45.8. The number of hydrogen-bond acceptors (Lipinski definition) is 4. The molecule has 0 radical (unpaired) electrons. The fourth-order valence-corrected chi connectivity index (χ4v) is 8.32. The minimum atomic E-state index is -0.885. The summed E-state index contributed by atoms with van der Waals surface area (Å²) in [4.78, 5) is 0. The van der Waals surface area contributed by atoms with Gasteiger partial charge in [0.2, 0.25) is 0 Å². The summed E-state index contributed by atoms with van der Waals surface area (Å²) >= 11 is 0. The molecule has 4 nitrogen and oxygen atoms in total. The summed E-state index contributed by atoms with van der Waals surface area (Å²) in [6.07, 6.45) is 5.85. The summed E-state index contributed by atoms with van der Waals surface area (Å²) in [5.74, 6) is 0.980. The zero-order chi connectivity index (χ0) is 23.6. The van der Waals surface area contributed by atoms with Gasteiger partial charge in [-0.05, 0) is 110 Å². The SMILES string of the molecule is C=C(CCC(C)(O)C1CC(O)C2=C3C(O)CC4CC(O)CCC4(C)C3CC[C@@]21C)C(C)C. The van der Waals surface area contributed by atoms with Gasteiger partial charge in [0, 0.05) is 0 Å². The second-order valence-electron chi connectivity index (χ2n) is 12.7. The maximum atomic E-state index is 11.6. The summed E-state index contributed by atoms with van der Waals surface area (Å²) < 4.78 is 0. The van der Waals surface area contributed by atoms with Crippen molar-refractivity contribution >= 4 is 0 Å². The van der Waals surface area contributed by atoms with Crippen LogP contribution in [0.25, 0.3) is 0 Å². The fourth-order valence-electron chi connectivity index (χ4n) is 8.32. The molecule has 4 heteroatoms. The first-order chi connectivity index (χ1) is 14.8. The first kappa shape index (κ1) is 24.4. The largest absolute Gasteiger partial charge is 0.393 e. The van der Waals surface area contributed by atoms with E-state index in [0.29, 0.717) is 31.1 Å². The van der Waals surface area contributed by atoms with Crippen LogP contribution in [0.4, 0.5) is 0 Å². The zero-order valence-corrected chi connectivity index (χ0v) is 20.9. The summed E-state index contributed by atoms with van der Waals surface area (Å²) in [6.45, 7) is 15.0. The molecule has 0 aromatic carbocycles. The molecule has 0 heterocycles. The third-order valence-electron chi connectivity index (χ3n) is 10.5. The van der Waals surface area contributed by atoms with Crippen LogP contribution >= 0.6 is 0 Å². The van der Waals surface area contributed by atoms with Crippen molar-refractivity contribution in [1.82, 2.24) is 0 Å². The number of aliphatic hydroxyl groups is 4. The molecule has 0 aromatic rings. The third-order valence-corrected chi connectivity index (χ3v) is 10.5. The van der Waals surface area contributed by atoms with Gasteiger partial charge < -0.3 is 20.4 Å². The lowest BCUT2D eigenvalue weighted by molar-refractivity contribution is -0.0783. The van der Waals surface area contributed by atoms with E-state index in [1.165, 1.54) is 0 Å². The lowest BCUT2D eigenvalue weighted by Crippen LogP contribution is -2.53. The topological polar surface area (TPSA) is 80.9 Å². The Kier molecular flexibility index (Phi) is 6.28. The second-order valence-corrected chi connectivity index (χ2v) is 12.7. The molecule has 4 N–H and O–H groups in total. The molecule has 9 atom stereocenters. The quantitative estimate of drug-likeness (QED) is 0.459. The number of fused-ring (bicyclic) bond motifs is 4. The van der Waals surface area contributed by atoms with Crippen LogP contribution in [-0.2, 0) is 0 Å². The van der Waals surface area contributed by atoms with Crippen molar-refractivity contribution in [1.29, 1.82) is 0 Å². The second kappa shape index (κ2) is 8.22. The van der Waals surface area contributed by atoms with Gasteiger partial charge >= 0.3 is 0 Å². The Balaban J connectivity index is 1.67. The highest BCUT2D eigenvalue weighted by atomic mass is 16.3. The number of aliphatic hydroxyl groups excluding tert-OH is 3. The molecule has 182 valence electrons. The van der Waals surface area contributed by atoms with E-state index in [2.05, 4.69) is 34.3 Å². The van der Waals surface area contributed by atoms with Crippen molar-refractivity contribution < 1.29 is 20.4 Å². The van der Waals surface area contributed by atoms with Crippen molar-refractivity contribution in [2.75, 3.05) is 0 Å². The Morgan fingerprint density at radius 2 is 1.75 bits per heavy atom. The third kappa shape index (κ3) is 3.74. The average molecular weight is 447 g/mol. The molecule has 0 bridgehead atoms. The number of allylic oxidation sites excluding steroid dienone is 1. The van der Waals surface area contributed by atoms with Gasteiger partial charge in [-0.25, -0.2) is 0 Å². The lowest BCUT2D eigenvalue weighted by Gasteiger charge is -2.58. The van der Waals surface area contributed by atoms with E-state index in [9.17, 15) is 20.4 Å². The summed E-state index contributed by atoms with van der Waals surface area (Å²) in [7, 11) is 0. The summed E-state index contributed by atoms with van der Waals surface area (Å²) in [6, 6.07) is 0. The maximum Gasteiger partial charge on any atom is 0.0763 e. The molecule has 0 amide bonds. The minimum absolute atomic E-state index is 0.0284. The molecule has 4 aliphatic rings. The van der Waals surface area contributed by atoms with Crippen LogP contribution in [0.1, 0.15) is 92.4 Å². The number of rotatable bonds is 5. The smallest absolute Gasteiger partial charge is 0.0763 e. The molecule has 4 aliphatic carbocycles. The van der Waals surface area contributed by atoms with E-state index in [4.69, 9.17) is 0 Å². The molecule has 4 rings (SSSR count). The van der Waals surface area contributed by atoms with Gasteiger partial charge in [0.1, 0.15) is 0 Å². The van der Waals surface area contributed by atoms with Gasteiger partial charge in [-0.1, -0.05) is 39.8 Å².